The maximum atomic E-state index is 14.7. The average molecular weight is 592 g/mol. The van der Waals surface area contributed by atoms with Crippen molar-refractivity contribution in [3.8, 4) is 22.9 Å². The number of nitriles is 1. The molecule has 1 aliphatic heterocycles. The van der Waals surface area contributed by atoms with Gasteiger partial charge in [0.15, 0.2) is 0 Å². The van der Waals surface area contributed by atoms with Crippen LogP contribution in [-0.4, -0.2) is 57.6 Å². The Balaban J connectivity index is 1.35. The van der Waals surface area contributed by atoms with Crippen LogP contribution in [-0.2, 0) is 14.5 Å². The average Bonchev–Trinajstić information content (AvgIpc) is 3.65. The zero-order valence-corrected chi connectivity index (χ0v) is 24.5. The number of alkyl halides is 1. The number of ketones is 1. The first-order valence-corrected chi connectivity index (χ1v) is 16.5. The SMILES string of the molecule is CN=S1(=O)CCN(c2ccc(-c3cn(-c4ccc(F)cc4)nc3[C@@H]3CC[C@H](F)C[C@H]3C(=O)CC3(C#N)CC3)cc2)CC1. The zero-order chi connectivity index (χ0) is 29.5. The van der Waals surface area contributed by atoms with Gasteiger partial charge < -0.3 is 4.90 Å². The Bertz CT molecular complexity index is 1620. The quantitative estimate of drug-likeness (QED) is 0.332. The van der Waals surface area contributed by atoms with Crippen LogP contribution in [0.4, 0.5) is 14.5 Å². The molecule has 3 fully saturated rings. The van der Waals surface area contributed by atoms with Gasteiger partial charge in [-0.2, -0.15) is 10.4 Å². The van der Waals surface area contributed by atoms with Gasteiger partial charge in [-0.15, -0.1) is 0 Å². The van der Waals surface area contributed by atoms with Gasteiger partial charge in [0.25, 0.3) is 0 Å². The standard InChI is InChI=1S/C32H35F2N5O2S/c1-36-42(41)16-14-38(15-17-42)25-7-2-22(3-8-25)29-20-39(26-9-4-23(33)5-10-26)37-31(29)27-11-6-24(34)18-28(27)30(40)19-32(21-35)12-13-32/h2-5,7-10,20,24,27-28H,6,11-19H2,1H3/t24-,27+,28+/m0/s1. The number of aromatic nitrogens is 2. The molecule has 3 atom stereocenters. The fraction of sp³-hybridized carbons (Fsp3) is 0.469. The van der Waals surface area contributed by atoms with Crippen molar-refractivity contribution in [3.05, 3.63) is 66.2 Å². The van der Waals surface area contributed by atoms with Crippen molar-refractivity contribution < 1.29 is 17.8 Å². The van der Waals surface area contributed by atoms with Crippen LogP contribution < -0.4 is 4.90 Å². The van der Waals surface area contributed by atoms with Crippen LogP contribution in [0.5, 0.6) is 0 Å². The highest BCUT2D eigenvalue weighted by atomic mass is 32.2. The Morgan fingerprint density at radius 2 is 1.76 bits per heavy atom. The minimum Gasteiger partial charge on any atom is -0.370 e. The molecule has 6 rings (SSSR count). The Morgan fingerprint density at radius 1 is 1.10 bits per heavy atom. The predicted octanol–water partition coefficient (Wildman–Crippen LogP) is 6.08. The van der Waals surface area contributed by atoms with Gasteiger partial charge in [-0.1, -0.05) is 12.1 Å². The summed E-state index contributed by atoms with van der Waals surface area (Å²) in [4.78, 5) is 15.8. The van der Waals surface area contributed by atoms with E-state index in [9.17, 15) is 23.0 Å². The summed E-state index contributed by atoms with van der Waals surface area (Å²) in [6.45, 7) is 1.34. The van der Waals surface area contributed by atoms with E-state index in [2.05, 4.69) is 15.3 Å². The molecule has 3 aromatic rings. The molecule has 0 unspecified atom stereocenters. The third kappa shape index (κ3) is 5.71. The zero-order valence-electron chi connectivity index (χ0n) is 23.7. The molecule has 3 aliphatic rings. The second-order valence-electron chi connectivity index (χ2n) is 11.9. The first-order valence-electron chi connectivity index (χ1n) is 14.6. The number of rotatable bonds is 7. The lowest BCUT2D eigenvalue weighted by atomic mass is 9.72. The first-order chi connectivity index (χ1) is 20.2. The Labute approximate surface area is 245 Å². The van der Waals surface area contributed by atoms with Crippen molar-refractivity contribution in [2.24, 2.45) is 15.7 Å². The lowest BCUT2D eigenvalue weighted by Gasteiger charge is -2.32. The number of anilines is 1. The summed E-state index contributed by atoms with van der Waals surface area (Å²) < 4.78 is 46.9. The number of carbonyl (C=O) groups is 1. The summed E-state index contributed by atoms with van der Waals surface area (Å²) in [7, 11) is -0.486. The van der Waals surface area contributed by atoms with Crippen molar-refractivity contribution in [2.75, 3.05) is 36.5 Å². The first kappa shape index (κ1) is 28.5. The van der Waals surface area contributed by atoms with E-state index in [0.717, 1.165) is 22.5 Å². The van der Waals surface area contributed by atoms with Gasteiger partial charge in [0.1, 0.15) is 17.8 Å². The molecule has 1 aromatic heterocycles. The summed E-state index contributed by atoms with van der Waals surface area (Å²) in [5.41, 5.74) is 3.60. The van der Waals surface area contributed by atoms with E-state index in [-0.39, 0.29) is 30.4 Å². The maximum Gasteiger partial charge on any atom is 0.138 e. The van der Waals surface area contributed by atoms with Gasteiger partial charge in [0.05, 0.1) is 22.9 Å². The molecule has 2 aliphatic carbocycles. The van der Waals surface area contributed by atoms with Crippen LogP contribution in [0.25, 0.3) is 16.8 Å². The molecule has 2 heterocycles. The molecule has 220 valence electrons. The van der Waals surface area contributed by atoms with Crippen molar-refractivity contribution in [2.45, 2.75) is 50.6 Å². The van der Waals surface area contributed by atoms with E-state index in [0.29, 0.717) is 56.0 Å². The molecule has 2 aromatic carbocycles. The fourth-order valence-corrected chi connectivity index (χ4v) is 7.95. The van der Waals surface area contributed by atoms with Crippen LogP contribution in [0.2, 0.25) is 0 Å². The summed E-state index contributed by atoms with van der Waals surface area (Å²) in [6.07, 6.45) is 3.39. The minimum absolute atomic E-state index is 0.0560. The highest BCUT2D eigenvalue weighted by molar-refractivity contribution is 7.93. The largest absolute Gasteiger partial charge is 0.370 e. The molecule has 0 amide bonds. The van der Waals surface area contributed by atoms with Crippen LogP contribution in [0.15, 0.2) is 59.1 Å². The van der Waals surface area contributed by atoms with E-state index in [1.165, 1.54) is 12.1 Å². The van der Waals surface area contributed by atoms with Crippen LogP contribution in [0.1, 0.15) is 50.1 Å². The normalized spacial score (nSPS) is 24.5. The number of Topliss-reactive ketones (excluding diaryl/α,β-unsaturated/α-hetero) is 1. The molecular formula is C32H35F2N5O2S. The highest BCUT2D eigenvalue weighted by Crippen LogP contribution is 2.51. The fourth-order valence-electron chi connectivity index (χ4n) is 6.37. The molecule has 10 heteroatoms. The molecule has 0 bridgehead atoms. The monoisotopic (exact) mass is 591 g/mol. The van der Waals surface area contributed by atoms with E-state index in [1.54, 1.807) is 23.9 Å². The van der Waals surface area contributed by atoms with Crippen molar-refractivity contribution in [1.29, 1.82) is 5.26 Å². The lowest BCUT2D eigenvalue weighted by molar-refractivity contribution is -0.126. The van der Waals surface area contributed by atoms with E-state index in [1.807, 2.05) is 30.5 Å². The summed E-state index contributed by atoms with van der Waals surface area (Å²) in [5, 5.41) is 14.5. The molecule has 7 nitrogen and oxygen atoms in total. The summed E-state index contributed by atoms with van der Waals surface area (Å²) in [5.74, 6) is -0.162. The van der Waals surface area contributed by atoms with Crippen LogP contribution in [0.3, 0.4) is 0 Å². The number of hydrogen-bond acceptors (Lipinski definition) is 6. The van der Waals surface area contributed by atoms with Gasteiger partial charge in [0, 0.05) is 77.1 Å². The number of carbonyl (C=O) groups excluding carboxylic acids is 1. The van der Waals surface area contributed by atoms with Crippen molar-refractivity contribution >= 4 is 21.2 Å². The van der Waals surface area contributed by atoms with Crippen molar-refractivity contribution in [3.63, 3.8) is 0 Å². The third-order valence-electron chi connectivity index (χ3n) is 9.22. The Kier molecular flexibility index (Phi) is 7.64. The van der Waals surface area contributed by atoms with Gasteiger partial charge in [0.2, 0.25) is 0 Å². The van der Waals surface area contributed by atoms with Gasteiger partial charge >= 0.3 is 0 Å². The lowest BCUT2D eigenvalue weighted by Crippen LogP contribution is -2.40. The number of nitrogens with zero attached hydrogens (tertiary/aromatic N) is 5. The van der Waals surface area contributed by atoms with E-state index in [4.69, 9.17) is 5.10 Å². The minimum atomic E-state index is -2.11. The van der Waals surface area contributed by atoms with E-state index >= 15 is 0 Å². The second-order valence-corrected chi connectivity index (χ2v) is 14.6. The smallest absolute Gasteiger partial charge is 0.138 e. The molecule has 0 radical (unpaired) electrons. The maximum absolute atomic E-state index is 14.7. The molecule has 42 heavy (non-hydrogen) atoms. The second kappa shape index (κ2) is 11.3. The van der Waals surface area contributed by atoms with Crippen LogP contribution >= 0.6 is 0 Å². The van der Waals surface area contributed by atoms with Gasteiger partial charge in [-0.05, 0) is 74.1 Å². The number of hydrogen-bond donors (Lipinski definition) is 0. The highest BCUT2D eigenvalue weighted by Gasteiger charge is 2.48. The van der Waals surface area contributed by atoms with Gasteiger partial charge in [-0.3, -0.25) is 4.79 Å². The molecule has 1 saturated heterocycles. The Morgan fingerprint density at radius 3 is 2.38 bits per heavy atom. The molecular weight excluding hydrogens is 556 g/mol. The van der Waals surface area contributed by atoms with Gasteiger partial charge in [-0.25, -0.2) is 22.0 Å². The number of halogens is 2. The molecule has 0 spiro atoms. The molecule has 2 saturated carbocycles. The van der Waals surface area contributed by atoms with E-state index < -0.39 is 27.2 Å². The Hall–Kier alpha value is -3.58. The summed E-state index contributed by atoms with van der Waals surface area (Å²) >= 11 is 0. The van der Waals surface area contributed by atoms with Crippen molar-refractivity contribution in [1.82, 2.24) is 9.78 Å². The summed E-state index contributed by atoms with van der Waals surface area (Å²) in [6, 6.07) is 16.5. The molecule has 0 N–H and O–H groups in total. The van der Waals surface area contributed by atoms with Crippen LogP contribution in [0, 0.1) is 28.5 Å². The topological polar surface area (TPSA) is 91.3 Å². The number of benzene rings is 2. The predicted molar refractivity (Wildman–Crippen MR) is 159 cm³/mol. The third-order valence-corrected chi connectivity index (χ3v) is 11.5.